The highest BCUT2D eigenvalue weighted by Gasteiger charge is 2.24. The predicted octanol–water partition coefficient (Wildman–Crippen LogP) is 5.41. The number of rotatable bonds is 6. The Morgan fingerprint density at radius 1 is 1.13 bits per heavy atom. The van der Waals surface area contributed by atoms with E-state index in [0.29, 0.717) is 28.9 Å². The molecule has 4 aromatic rings. The molecule has 5 nitrogen and oxygen atoms in total. The van der Waals surface area contributed by atoms with Gasteiger partial charge in [0, 0.05) is 52.3 Å². The number of hydrogen-bond donors (Lipinski definition) is 1. The van der Waals surface area contributed by atoms with Crippen molar-refractivity contribution in [2.75, 3.05) is 6.61 Å². The second-order valence-electron chi connectivity index (χ2n) is 6.83. The third-order valence-corrected chi connectivity index (χ3v) is 6.05. The zero-order valence-corrected chi connectivity index (χ0v) is 17.6. The van der Waals surface area contributed by atoms with E-state index in [1.165, 1.54) is 0 Å². The molecule has 30 heavy (non-hydrogen) atoms. The molecule has 0 saturated heterocycles. The number of nitrogens with zero attached hydrogens (tertiary/aromatic N) is 2. The average Bonchev–Trinajstić information content (AvgIpc) is 3.04. The van der Waals surface area contributed by atoms with Gasteiger partial charge < -0.3 is 14.4 Å². The third-order valence-electron chi connectivity index (χ3n) is 5.03. The van der Waals surface area contributed by atoms with Gasteiger partial charge in [0.15, 0.2) is 0 Å². The first-order valence-corrected chi connectivity index (χ1v) is 10.7. The molecule has 4 rings (SSSR count). The number of thioether (sulfide) groups is 1. The number of benzene rings is 2. The topological polar surface area (TPSA) is 64.4 Å². The van der Waals surface area contributed by atoms with Crippen molar-refractivity contribution in [2.24, 2.45) is 7.05 Å². The lowest BCUT2D eigenvalue weighted by Crippen LogP contribution is -2.08. The largest absolute Gasteiger partial charge is 0.507 e. The second kappa shape index (κ2) is 8.63. The lowest BCUT2D eigenvalue weighted by molar-refractivity contribution is 0.0527. The summed E-state index contributed by atoms with van der Waals surface area (Å²) in [5, 5.41) is 11.4. The van der Waals surface area contributed by atoms with Crippen molar-refractivity contribution in [3.63, 3.8) is 0 Å². The van der Waals surface area contributed by atoms with Crippen molar-refractivity contribution < 1.29 is 14.6 Å². The molecule has 6 heteroatoms. The minimum Gasteiger partial charge on any atom is -0.507 e. The van der Waals surface area contributed by atoms with Crippen molar-refractivity contribution >= 4 is 28.6 Å². The first-order chi connectivity index (χ1) is 14.6. The lowest BCUT2D eigenvalue weighted by Gasteiger charge is -2.08. The summed E-state index contributed by atoms with van der Waals surface area (Å²) in [6, 6.07) is 17.3. The van der Waals surface area contributed by atoms with E-state index in [-0.39, 0.29) is 11.7 Å². The Hall–Kier alpha value is -3.25. The van der Waals surface area contributed by atoms with E-state index in [1.54, 1.807) is 37.1 Å². The standard InChI is InChI=1S/C24H22N2O3S/c1-3-29-24(28)23-19-14-22(27)18(16-9-11-25-12-10-16)13-20(19)26(2)21(23)15-30-17-7-5-4-6-8-17/h4-14,27H,3,15H2,1-2H3. The quantitative estimate of drug-likeness (QED) is 0.335. The lowest BCUT2D eigenvalue weighted by atomic mass is 10.0. The first kappa shape index (κ1) is 20.0. The molecule has 1 N–H and O–H groups in total. The summed E-state index contributed by atoms with van der Waals surface area (Å²) in [6.45, 7) is 2.09. The molecular weight excluding hydrogens is 396 g/mol. The fourth-order valence-corrected chi connectivity index (χ4v) is 4.55. The Labute approximate surface area is 179 Å². The number of phenolic OH excluding ortho intramolecular Hbond substituents is 1. The highest BCUT2D eigenvalue weighted by molar-refractivity contribution is 7.98. The summed E-state index contributed by atoms with van der Waals surface area (Å²) in [6.07, 6.45) is 3.38. The molecule has 2 aromatic carbocycles. The van der Waals surface area contributed by atoms with Gasteiger partial charge in [0.05, 0.1) is 12.2 Å². The van der Waals surface area contributed by atoms with Gasteiger partial charge in [0.25, 0.3) is 0 Å². The van der Waals surface area contributed by atoms with Crippen LogP contribution in [0.2, 0.25) is 0 Å². The number of carbonyl (C=O) groups is 1. The molecule has 0 unspecified atom stereocenters. The highest BCUT2D eigenvalue weighted by atomic mass is 32.2. The van der Waals surface area contributed by atoms with Crippen molar-refractivity contribution in [2.45, 2.75) is 17.6 Å². The number of phenols is 1. The first-order valence-electron chi connectivity index (χ1n) is 9.69. The maximum atomic E-state index is 12.8. The van der Waals surface area contributed by atoms with Crippen LogP contribution in [-0.2, 0) is 17.5 Å². The van der Waals surface area contributed by atoms with Crippen LogP contribution in [0.25, 0.3) is 22.0 Å². The number of carbonyl (C=O) groups excluding carboxylic acids is 1. The number of aryl methyl sites for hydroxylation is 1. The van der Waals surface area contributed by atoms with Crippen LogP contribution in [-0.4, -0.2) is 27.2 Å². The predicted molar refractivity (Wildman–Crippen MR) is 120 cm³/mol. The highest BCUT2D eigenvalue weighted by Crippen LogP contribution is 2.38. The van der Waals surface area contributed by atoms with Crippen molar-refractivity contribution in [1.29, 1.82) is 0 Å². The SMILES string of the molecule is CCOC(=O)c1c(CSc2ccccc2)n(C)c2cc(-c3ccncc3)c(O)cc12. The minimum absolute atomic E-state index is 0.118. The molecule has 0 aliphatic heterocycles. The zero-order valence-electron chi connectivity index (χ0n) is 16.8. The molecule has 0 amide bonds. The fraction of sp³-hybridized carbons (Fsp3) is 0.167. The summed E-state index contributed by atoms with van der Waals surface area (Å²) in [5.74, 6) is 0.351. The maximum Gasteiger partial charge on any atom is 0.340 e. The van der Waals surface area contributed by atoms with Gasteiger partial charge in [0.1, 0.15) is 5.75 Å². The Bertz CT molecular complexity index is 1190. The number of aromatic nitrogens is 2. The molecule has 0 spiro atoms. The van der Waals surface area contributed by atoms with E-state index in [9.17, 15) is 9.90 Å². The van der Waals surface area contributed by atoms with Crippen LogP contribution in [0.4, 0.5) is 0 Å². The molecule has 2 heterocycles. The van der Waals surface area contributed by atoms with E-state index >= 15 is 0 Å². The van der Waals surface area contributed by atoms with Crippen molar-refractivity contribution in [3.05, 3.63) is 78.2 Å². The van der Waals surface area contributed by atoms with Crippen LogP contribution in [0.1, 0.15) is 23.0 Å². The van der Waals surface area contributed by atoms with Gasteiger partial charge in [0.2, 0.25) is 0 Å². The maximum absolute atomic E-state index is 12.8. The smallest absolute Gasteiger partial charge is 0.340 e. The third kappa shape index (κ3) is 3.78. The van der Waals surface area contributed by atoms with E-state index in [2.05, 4.69) is 4.98 Å². The Morgan fingerprint density at radius 2 is 1.87 bits per heavy atom. The minimum atomic E-state index is -0.372. The summed E-state index contributed by atoms with van der Waals surface area (Å²) in [5.41, 5.74) is 3.80. The molecule has 152 valence electrons. The molecule has 0 aliphatic rings. The number of esters is 1. The summed E-state index contributed by atoms with van der Waals surface area (Å²) in [7, 11) is 1.94. The van der Waals surface area contributed by atoms with Gasteiger partial charge in [-0.05, 0) is 48.9 Å². The van der Waals surface area contributed by atoms with Crippen LogP contribution >= 0.6 is 11.8 Å². The number of hydrogen-bond acceptors (Lipinski definition) is 5. The van der Waals surface area contributed by atoms with Crippen LogP contribution in [0.5, 0.6) is 5.75 Å². The Kier molecular flexibility index (Phi) is 5.77. The average molecular weight is 419 g/mol. The molecule has 0 aliphatic carbocycles. The Balaban J connectivity index is 1.85. The molecule has 0 radical (unpaired) electrons. The molecule has 0 fully saturated rings. The molecular formula is C24H22N2O3S. The van der Waals surface area contributed by atoms with E-state index in [4.69, 9.17) is 4.74 Å². The number of fused-ring (bicyclic) bond motifs is 1. The monoisotopic (exact) mass is 418 g/mol. The van der Waals surface area contributed by atoms with Crippen LogP contribution in [0.3, 0.4) is 0 Å². The van der Waals surface area contributed by atoms with Gasteiger partial charge in [-0.3, -0.25) is 4.98 Å². The van der Waals surface area contributed by atoms with E-state index in [0.717, 1.165) is 21.7 Å². The molecule has 0 atom stereocenters. The second-order valence-corrected chi connectivity index (χ2v) is 7.87. The van der Waals surface area contributed by atoms with Crippen LogP contribution in [0.15, 0.2) is 71.9 Å². The fourth-order valence-electron chi connectivity index (χ4n) is 3.55. The van der Waals surface area contributed by atoms with Gasteiger partial charge in [-0.15, -0.1) is 11.8 Å². The van der Waals surface area contributed by atoms with Crippen molar-refractivity contribution in [3.8, 4) is 16.9 Å². The van der Waals surface area contributed by atoms with E-state index in [1.807, 2.05) is 60.1 Å². The zero-order chi connectivity index (χ0) is 21.1. The Morgan fingerprint density at radius 3 is 2.57 bits per heavy atom. The summed E-state index contributed by atoms with van der Waals surface area (Å²) < 4.78 is 7.36. The van der Waals surface area contributed by atoms with Gasteiger partial charge >= 0.3 is 5.97 Å². The summed E-state index contributed by atoms with van der Waals surface area (Å²) in [4.78, 5) is 18.0. The van der Waals surface area contributed by atoms with Gasteiger partial charge in [-0.25, -0.2) is 4.79 Å². The molecule has 0 saturated carbocycles. The van der Waals surface area contributed by atoms with Crippen LogP contribution in [0, 0.1) is 0 Å². The number of ether oxygens (including phenoxy) is 1. The van der Waals surface area contributed by atoms with E-state index < -0.39 is 0 Å². The normalized spacial score (nSPS) is 11.0. The molecule has 0 bridgehead atoms. The van der Waals surface area contributed by atoms with Crippen LogP contribution < -0.4 is 0 Å². The number of aromatic hydroxyl groups is 1. The molecule has 2 aromatic heterocycles. The van der Waals surface area contributed by atoms with Gasteiger partial charge in [-0.2, -0.15) is 0 Å². The number of pyridine rings is 1. The van der Waals surface area contributed by atoms with Crippen molar-refractivity contribution in [1.82, 2.24) is 9.55 Å². The van der Waals surface area contributed by atoms with Gasteiger partial charge in [-0.1, -0.05) is 18.2 Å². The summed E-state index contributed by atoms with van der Waals surface area (Å²) >= 11 is 1.66.